The summed E-state index contributed by atoms with van der Waals surface area (Å²) >= 11 is 6.51. The van der Waals surface area contributed by atoms with Crippen molar-refractivity contribution in [1.82, 2.24) is 30.0 Å². The van der Waals surface area contributed by atoms with Gasteiger partial charge in [0.15, 0.2) is 5.82 Å². The number of likely N-dealkylation sites (tertiary alicyclic amines) is 1. The summed E-state index contributed by atoms with van der Waals surface area (Å²) in [5.41, 5.74) is 3.79. The minimum absolute atomic E-state index is 0.00550. The fourth-order valence-corrected chi connectivity index (χ4v) is 10.6. The highest BCUT2D eigenvalue weighted by Gasteiger charge is 2.40. The Kier molecular flexibility index (Phi) is 10.8. The highest BCUT2D eigenvalue weighted by Crippen LogP contribution is 2.45. The monoisotopic (exact) mass is 835 g/mol. The molecule has 1 saturated carbocycles. The highest BCUT2D eigenvalue weighted by atomic mass is 35.5. The van der Waals surface area contributed by atoms with Gasteiger partial charge in [0.25, 0.3) is 11.5 Å². The molecule has 14 heteroatoms. The molecule has 0 radical (unpaired) electrons. The van der Waals surface area contributed by atoms with Gasteiger partial charge in [0.05, 0.1) is 38.3 Å². The fourth-order valence-electron chi connectivity index (χ4n) is 10.4. The molecular formula is C46H51ClFN7O5. The van der Waals surface area contributed by atoms with Gasteiger partial charge < -0.3 is 20.0 Å². The van der Waals surface area contributed by atoms with Crippen LogP contribution in [0.5, 0.6) is 0 Å². The zero-order chi connectivity index (χ0) is 41.9. The number of nitrogens with one attached hydrogen (secondary N) is 2. The van der Waals surface area contributed by atoms with Crippen molar-refractivity contribution >= 4 is 51.8 Å². The summed E-state index contributed by atoms with van der Waals surface area (Å²) in [6.45, 7) is 9.25. The van der Waals surface area contributed by atoms with E-state index in [0.29, 0.717) is 54.1 Å². The molecule has 3 saturated heterocycles. The van der Waals surface area contributed by atoms with E-state index in [2.05, 4.69) is 57.1 Å². The van der Waals surface area contributed by atoms with E-state index in [1.165, 1.54) is 11.6 Å². The summed E-state index contributed by atoms with van der Waals surface area (Å²) in [7, 11) is 0. The molecule has 3 aromatic carbocycles. The number of piperazine rings is 1. The van der Waals surface area contributed by atoms with Crippen LogP contribution >= 0.6 is 11.6 Å². The smallest absolute Gasteiger partial charge is 0.282 e. The van der Waals surface area contributed by atoms with Gasteiger partial charge in [0.1, 0.15) is 11.9 Å². The Morgan fingerprint density at radius 3 is 2.35 bits per heavy atom. The number of imide groups is 1. The van der Waals surface area contributed by atoms with Gasteiger partial charge in [-0.25, -0.2) is 4.39 Å². The van der Waals surface area contributed by atoms with Crippen LogP contribution in [0.15, 0.2) is 59.4 Å². The number of carbonyl (C=O) groups is 4. The Bertz CT molecular complexity index is 2450. The van der Waals surface area contributed by atoms with Crippen molar-refractivity contribution in [2.75, 3.05) is 50.7 Å². The van der Waals surface area contributed by atoms with Crippen LogP contribution < -0.4 is 21.1 Å². The minimum atomic E-state index is -0.895. The lowest BCUT2D eigenvalue weighted by Crippen LogP contribution is -2.52. The maximum atomic E-state index is 15.7. The standard InChI is InChI=1S/C46H51ClFN7O5/c1-46(2)32-14-13-30(25-37(32)55-35-7-4-6-33(47)39(35)43(59)51-45(46)55)28-17-19-52(20-18-28)26-27-9-11-29(12-10-27)44(60)54-23-21-53(22-24-54)36-8-3-5-31(40(36)48)41(57)49-34-15-16-38(56)50-42(34)58/h3-8,13-14,25,27-29,34H,9-12,15-24,26H2,1-2H3,(H,49,57)(H,50,56,58)/t27?,29?,34-/m0/s1. The molecule has 5 aliphatic rings. The molecule has 60 heavy (non-hydrogen) atoms. The first-order valence-electron chi connectivity index (χ1n) is 21.4. The van der Waals surface area contributed by atoms with E-state index in [1.807, 2.05) is 21.9 Å². The number of piperidine rings is 2. The van der Waals surface area contributed by atoms with Gasteiger partial charge in [0.2, 0.25) is 17.7 Å². The van der Waals surface area contributed by atoms with Crippen molar-refractivity contribution in [3.05, 3.63) is 98.3 Å². The lowest BCUT2D eigenvalue weighted by Gasteiger charge is -2.40. The van der Waals surface area contributed by atoms with Crippen LogP contribution in [0.2, 0.25) is 5.02 Å². The molecule has 4 fully saturated rings. The Hall–Kier alpha value is -5.14. The Labute approximate surface area is 353 Å². The molecule has 4 aromatic rings. The van der Waals surface area contributed by atoms with Gasteiger partial charge >= 0.3 is 0 Å². The van der Waals surface area contributed by atoms with Gasteiger partial charge in [-0.1, -0.05) is 35.9 Å². The van der Waals surface area contributed by atoms with Crippen molar-refractivity contribution < 1.29 is 23.6 Å². The summed E-state index contributed by atoms with van der Waals surface area (Å²) in [5.74, 6) is -0.402. The SMILES string of the molecule is CC1(C)c2ccc(C3CCN(CC4CCC(C(=O)N5CCN(c6cccc(C(=O)N[C@H]7CCC(=O)NC7=O)c6F)CC5)CC4)CC3)cc2-n2c1nc(=O)c1c(Cl)cccc12. The number of halogens is 2. The number of hydrogen-bond donors (Lipinski definition) is 2. The van der Waals surface area contributed by atoms with E-state index in [1.54, 1.807) is 18.2 Å². The first-order chi connectivity index (χ1) is 28.9. The molecule has 4 amide bonds. The first-order valence-corrected chi connectivity index (χ1v) is 21.8. The molecule has 0 spiro atoms. The number of carbonyl (C=O) groups excluding carboxylic acids is 4. The zero-order valence-electron chi connectivity index (χ0n) is 34.1. The molecule has 1 aliphatic carbocycles. The highest BCUT2D eigenvalue weighted by molar-refractivity contribution is 6.35. The van der Waals surface area contributed by atoms with Gasteiger partial charge in [0, 0.05) is 45.1 Å². The summed E-state index contributed by atoms with van der Waals surface area (Å²) in [5, 5.41) is 5.64. The predicted molar refractivity (Wildman–Crippen MR) is 227 cm³/mol. The van der Waals surface area contributed by atoms with Gasteiger partial charge in [-0.15, -0.1) is 0 Å². The summed E-state index contributed by atoms with van der Waals surface area (Å²) in [6.07, 6.45) is 6.26. The van der Waals surface area contributed by atoms with Gasteiger partial charge in [-0.05, 0) is 125 Å². The summed E-state index contributed by atoms with van der Waals surface area (Å²) in [6, 6.07) is 16.1. The van der Waals surface area contributed by atoms with Crippen molar-refractivity contribution in [3.63, 3.8) is 0 Å². The van der Waals surface area contributed by atoms with E-state index in [0.717, 1.165) is 80.8 Å². The van der Waals surface area contributed by atoms with E-state index < -0.39 is 35.0 Å². The molecule has 4 aliphatic heterocycles. The average molecular weight is 836 g/mol. The number of hydrogen-bond acceptors (Lipinski definition) is 8. The summed E-state index contributed by atoms with van der Waals surface area (Å²) < 4.78 is 17.8. The van der Waals surface area contributed by atoms with Crippen LogP contribution in [0.1, 0.15) is 98.4 Å². The van der Waals surface area contributed by atoms with Gasteiger partial charge in [-0.2, -0.15) is 4.98 Å². The first kappa shape index (κ1) is 40.3. The Balaban J connectivity index is 0.751. The number of fused-ring (bicyclic) bond motifs is 5. The normalized spacial score (nSPS) is 23.3. The molecular weight excluding hydrogens is 785 g/mol. The number of aromatic nitrogens is 2. The second-order valence-electron chi connectivity index (χ2n) is 17.8. The van der Waals surface area contributed by atoms with Crippen LogP contribution in [-0.4, -0.2) is 94.8 Å². The fraction of sp³-hybridized carbons (Fsp3) is 0.478. The number of benzene rings is 3. The number of amides is 4. The quantitative estimate of drug-likeness (QED) is 0.227. The molecule has 2 N–H and O–H groups in total. The lowest BCUT2D eigenvalue weighted by atomic mass is 9.80. The van der Waals surface area contributed by atoms with Crippen LogP contribution in [0.25, 0.3) is 16.6 Å². The topological polar surface area (TPSA) is 137 Å². The number of anilines is 1. The second kappa shape index (κ2) is 16.0. The molecule has 0 unspecified atom stereocenters. The molecule has 12 nitrogen and oxygen atoms in total. The third kappa shape index (κ3) is 7.37. The van der Waals surface area contributed by atoms with E-state index in [-0.39, 0.29) is 35.8 Å². The van der Waals surface area contributed by atoms with Crippen LogP contribution in [0.4, 0.5) is 10.1 Å². The second-order valence-corrected chi connectivity index (χ2v) is 18.2. The van der Waals surface area contributed by atoms with Crippen molar-refractivity contribution in [2.24, 2.45) is 11.8 Å². The van der Waals surface area contributed by atoms with Crippen LogP contribution in [0, 0.1) is 17.7 Å². The number of rotatable bonds is 7. The molecule has 1 atom stereocenters. The van der Waals surface area contributed by atoms with Gasteiger partial charge in [-0.3, -0.25) is 33.9 Å². The number of nitrogens with zero attached hydrogens (tertiary/aromatic N) is 5. The Morgan fingerprint density at radius 1 is 0.883 bits per heavy atom. The van der Waals surface area contributed by atoms with E-state index in [4.69, 9.17) is 11.6 Å². The van der Waals surface area contributed by atoms with Crippen molar-refractivity contribution in [2.45, 2.75) is 82.6 Å². The predicted octanol–water partition coefficient (Wildman–Crippen LogP) is 5.69. The minimum Gasteiger partial charge on any atom is -0.366 e. The molecule has 0 bridgehead atoms. The molecule has 314 valence electrons. The Morgan fingerprint density at radius 2 is 1.62 bits per heavy atom. The van der Waals surface area contributed by atoms with E-state index in [9.17, 15) is 24.0 Å². The van der Waals surface area contributed by atoms with E-state index >= 15 is 4.39 Å². The maximum Gasteiger partial charge on any atom is 0.282 e. The zero-order valence-corrected chi connectivity index (χ0v) is 34.9. The lowest BCUT2D eigenvalue weighted by molar-refractivity contribution is -0.137. The maximum absolute atomic E-state index is 15.7. The van der Waals surface area contributed by atoms with Crippen LogP contribution in [-0.2, 0) is 19.8 Å². The molecule has 9 rings (SSSR count). The molecule has 5 heterocycles. The van der Waals surface area contributed by atoms with Crippen LogP contribution in [0.3, 0.4) is 0 Å². The molecule has 1 aromatic heterocycles. The van der Waals surface area contributed by atoms with Crippen molar-refractivity contribution in [3.8, 4) is 5.69 Å². The third-order valence-electron chi connectivity index (χ3n) is 13.8. The largest absolute Gasteiger partial charge is 0.366 e. The average Bonchev–Trinajstić information content (AvgIpc) is 3.47. The van der Waals surface area contributed by atoms with Crippen molar-refractivity contribution in [1.29, 1.82) is 0 Å². The summed E-state index contributed by atoms with van der Waals surface area (Å²) in [4.78, 5) is 74.2. The third-order valence-corrected chi connectivity index (χ3v) is 14.1.